The summed E-state index contributed by atoms with van der Waals surface area (Å²) >= 11 is 0. The monoisotopic (exact) mass is 488 g/mol. The molecule has 1 aliphatic heterocycles. The lowest BCUT2D eigenvalue weighted by molar-refractivity contribution is 0.192. The van der Waals surface area contributed by atoms with E-state index in [1.807, 2.05) is 0 Å². The molecule has 3 aromatic carbocycles. The molecular formula is C28H25F5O2. The molecule has 2 aliphatic rings. The molecule has 1 N–H and O–H groups in total. The zero-order valence-corrected chi connectivity index (χ0v) is 19.1. The second-order valence-corrected chi connectivity index (χ2v) is 9.49. The topological polar surface area (TPSA) is 32.8 Å². The Bertz CT molecular complexity index is 1260. The van der Waals surface area contributed by atoms with Gasteiger partial charge in [-0.1, -0.05) is 36.4 Å². The summed E-state index contributed by atoms with van der Waals surface area (Å²) in [6.07, 6.45) is 0.972. The number of epoxide rings is 1. The Hall–Kier alpha value is -2.77. The number of halogens is 5. The van der Waals surface area contributed by atoms with Crippen LogP contribution < -0.4 is 0 Å². The van der Waals surface area contributed by atoms with Crippen LogP contribution in [0.4, 0.5) is 22.0 Å². The normalized spacial score (nSPS) is 22.8. The Morgan fingerprint density at radius 1 is 0.743 bits per heavy atom. The maximum atomic E-state index is 15.0. The van der Waals surface area contributed by atoms with Gasteiger partial charge < -0.3 is 9.84 Å². The summed E-state index contributed by atoms with van der Waals surface area (Å²) in [5.41, 5.74) is 0.948. The van der Waals surface area contributed by atoms with Crippen molar-refractivity contribution in [2.75, 3.05) is 6.61 Å². The van der Waals surface area contributed by atoms with Gasteiger partial charge in [0.15, 0.2) is 23.3 Å². The van der Waals surface area contributed by atoms with Gasteiger partial charge in [-0.3, -0.25) is 0 Å². The summed E-state index contributed by atoms with van der Waals surface area (Å²) in [6, 6.07) is 10.3. The van der Waals surface area contributed by atoms with E-state index in [0.29, 0.717) is 37.9 Å². The molecule has 0 radical (unpaired) electrons. The van der Waals surface area contributed by atoms with Crippen molar-refractivity contribution >= 4 is 0 Å². The smallest absolute Gasteiger partial charge is 0.167 e. The third-order valence-corrected chi connectivity index (χ3v) is 7.31. The number of benzene rings is 3. The molecule has 7 heteroatoms. The number of ether oxygens (including phenoxy) is 1. The van der Waals surface area contributed by atoms with Gasteiger partial charge in [0.2, 0.25) is 0 Å². The minimum absolute atomic E-state index is 0.0159. The molecule has 2 atom stereocenters. The molecule has 0 amide bonds. The van der Waals surface area contributed by atoms with Gasteiger partial charge >= 0.3 is 0 Å². The molecule has 35 heavy (non-hydrogen) atoms. The van der Waals surface area contributed by atoms with E-state index >= 15 is 0 Å². The predicted octanol–water partition coefficient (Wildman–Crippen LogP) is 7.62. The van der Waals surface area contributed by atoms with Crippen LogP contribution >= 0.6 is 0 Å². The molecule has 5 rings (SSSR count). The van der Waals surface area contributed by atoms with Gasteiger partial charge in [-0.15, -0.1) is 0 Å². The highest BCUT2D eigenvalue weighted by Crippen LogP contribution is 2.43. The molecule has 184 valence electrons. The standard InChI is InChI=1S/C28H25F5O2/c1-14(34)18-8-9-19(26(31)25(18)30)16-4-2-15(3-5-16)17-6-7-20(23(29)12-17)21-10-11-22(24-13-35-24)28(33)27(21)32/h6-12,14-16,24,34H,2-5,13H2,1H3. The van der Waals surface area contributed by atoms with Crippen molar-refractivity contribution in [2.45, 2.75) is 56.7 Å². The zero-order chi connectivity index (χ0) is 24.9. The highest BCUT2D eigenvalue weighted by molar-refractivity contribution is 5.66. The van der Waals surface area contributed by atoms with Gasteiger partial charge in [0.05, 0.1) is 12.7 Å². The first-order chi connectivity index (χ1) is 16.8. The highest BCUT2D eigenvalue weighted by atomic mass is 19.2. The summed E-state index contributed by atoms with van der Waals surface area (Å²) in [5.74, 6) is -4.83. The van der Waals surface area contributed by atoms with E-state index in [-0.39, 0.29) is 34.1 Å². The van der Waals surface area contributed by atoms with E-state index in [9.17, 15) is 27.1 Å². The Morgan fingerprint density at radius 3 is 1.97 bits per heavy atom. The maximum absolute atomic E-state index is 15.0. The Morgan fingerprint density at radius 2 is 1.34 bits per heavy atom. The van der Waals surface area contributed by atoms with Crippen LogP contribution in [0, 0.1) is 29.1 Å². The van der Waals surface area contributed by atoms with E-state index in [0.717, 1.165) is 5.56 Å². The fourth-order valence-electron chi connectivity index (χ4n) is 5.21. The Kier molecular flexibility index (Phi) is 6.40. The molecule has 0 spiro atoms. The molecule has 0 aromatic heterocycles. The van der Waals surface area contributed by atoms with Crippen LogP contribution in [-0.4, -0.2) is 11.7 Å². The number of aliphatic hydroxyl groups excluding tert-OH is 1. The van der Waals surface area contributed by atoms with Gasteiger partial charge in [-0.2, -0.15) is 0 Å². The van der Waals surface area contributed by atoms with Crippen molar-refractivity contribution < 1.29 is 31.8 Å². The summed E-state index contributed by atoms with van der Waals surface area (Å²) < 4.78 is 78.0. The number of rotatable bonds is 5. The number of hydrogen-bond donors (Lipinski definition) is 1. The Labute approximate surface area is 200 Å². The van der Waals surface area contributed by atoms with Crippen LogP contribution in [0.25, 0.3) is 11.1 Å². The fraction of sp³-hybridized carbons (Fsp3) is 0.357. The van der Waals surface area contributed by atoms with Gasteiger partial charge in [-0.05, 0) is 61.6 Å². The molecule has 3 aromatic rings. The van der Waals surface area contributed by atoms with Crippen molar-refractivity contribution in [1.82, 2.24) is 0 Å². The molecular weight excluding hydrogens is 463 g/mol. The lowest BCUT2D eigenvalue weighted by Crippen LogP contribution is -2.15. The minimum Gasteiger partial charge on any atom is -0.389 e. The van der Waals surface area contributed by atoms with E-state index in [2.05, 4.69) is 0 Å². The molecule has 2 nitrogen and oxygen atoms in total. The van der Waals surface area contributed by atoms with Gasteiger partial charge in [0, 0.05) is 22.3 Å². The molecule has 1 heterocycles. The van der Waals surface area contributed by atoms with Crippen LogP contribution in [-0.2, 0) is 4.74 Å². The Balaban J connectivity index is 1.31. The highest BCUT2D eigenvalue weighted by Gasteiger charge is 2.31. The molecule has 2 unspecified atom stereocenters. The minimum atomic E-state index is -1.10. The van der Waals surface area contributed by atoms with Crippen molar-refractivity contribution in [3.63, 3.8) is 0 Å². The second-order valence-electron chi connectivity index (χ2n) is 9.49. The summed E-state index contributed by atoms with van der Waals surface area (Å²) in [4.78, 5) is 0. The van der Waals surface area contributed by atoms with E-state index in [1.165, 1.54) is 43.3 Å². The molecule has 1 saturated carbocycles. The van der Waals surface area contributed by atoms with Crippen LogP contribution in [0.3, 0.4) is 0 Å². The van der Waals surface area contributed by atoms with Crippen LogP contribution in [0.5, 0.6) is 0 Å². The van der Waals surface area contributed by atoms with Crippen LogP contribution in [0.1, 0.15) is 78.9 Å². The van der Waals surface area contributed by atoms with Gasteiger partial charge in [0.25, 0.3) is 0 Å². The third kappa shape index (κ3) is 4.47. The number of hydrogen-bond acceptors (Lipinski definition) is 2. The SMILES string of the molecule is CC(O)c1ccc(C2CCC(c3ccc(-c4ccc(C5CO5)c(F)c4F)c(F)c3)CC2)c(F)c1F. The van der Waals surface area contributed by atoms with E-state index in [1.54, 1.807) is 6.07 Å². The summed E-state index contributed by atoms with van der Waals surface area (Å²) in [6.45, 7) is 1.73. The maximum Gasteiger partial charge on any atom is 0.167 e. The average Bonchev–Trinajstić information content (AvgIpc) is 3.68. The lowest BCUT2D eigenvalue weighted by Gasteiger charge is -2.30. The summed E-state index contributed by atoms with van der Waals surface area (Å²) in [5, 5.41) is 9.59. The van der Waals surface area contributed by atoms with Crippen LogP contribution in [0.15, 0.2) is 42.5 Å². The molecule has 1 saturated heterocycles. The van der Waals surface area contributed by atoms with Crippen molar-refractivity contribution in [2.24, 2.45) is 0 Å². The van der Waals surface area contributed by atoms with E-state index in [4.69, 9.17) is 4.74 Å². The van der Waals surface area contributed by atoms with Crippen LogP contribution in [0.2, 0.25) is 0 Å². The average molecular weight is 488 g/mol. The lowest BCUT2D eigenvalue weighted by atomic mass is 9.75. The second kappa shape index (κ2) is 9.36. The van der Waals surface area contributed by atoms with Crippen molar-refractivity contribution in [1.29, 1.82) is 0 Å². The predicted molar refractivity (Wildman–Crippen MR) is 121 cm³/mol. The molecule has 2 fully saturated rings. The number of aliphatic hydroxyl groups is 1. The summed E-state index contributed by atoms with van der Waals surface area (Å²) in [7, 11) is 0. The first-order valence-electron chi connectivity index (χ1n) is 11.8. The third-order valence-electron chi connectivity index (χ3n) is 7.31. The zero-order valence-electron chi connectivity index (χ0n) is 19.1. The molecule has 0 bridgehead atoms. The quantitative estimate of drug-likeness (QED) is 0.296. The largest absolute Gasteiger partial charge is 0.389 e. The first kappa shape index (κ1) is 23.9. The van der Waals surface area contributed by atoms with E-state index < -0.39 is 41.3 Å². The first-order valence-corrected chi connectivity index (χ1v) is 11.8. The van der Waals surface area contributed by atoms with Gasteiger partial charge in [-0.25, -0.2) is 22.0 Å². The van der Waals surface area contributed by atoms with Gasteiger partial charge in [0.1, 0.15) is 11.9 Å². The van der Waals surface area contributed by atoms with Crippen molar-refractivity contribution in [3.8, 4) is 11.1 Å². The molecule has 1 aliphatic carbocycles. The fourth-order valence-corrected chi connectivity index (χ4v) is 5.21. The van der Waals surface area contributed by atoms with Crippen molar-refractivity contribution in [3.05, 3.63) is 93.8 Å².